The van der Waals surface area contributed by atoms with Crippen LogP contribution >= 0.6 is 0 Å². The van der Waals surface area contributed by atoms with Crippen LogP contribution in [0.2, 0.25) is 0 Å². The molecule has 74 valence electrons. The van der Waals surface area contributed by atoms with E-state index in [9.17, 15) is 0 Å². The van der Waals surface area contributed by atoms with E-state index in [1.54, 1.807) is 0 Å². The maximum absolute atomic E-state index is 3.99. The van der Waals surface area contributed by atoms with Gasteiger partial charge in [0.25, 0.3) is 0 Å². The zero-order valence-corrected chi connectivity index (χ0v) is 9.30. The summed E-state index contributed by atoms with van der Waals surface area (Å²) in [5.74, 6) is 0.461. The average molecular weight is 179 g/mol. The second kappa shape index (κ2) is 6.64. The molecular formula is C12H21N. The Labute approximate surface area is 82.3 Å². The maximum atomic E-state index is 3.99. The average Bonchev–Trinajstić information content (AvgIpc) is 2.05. The molecule has 0 aliphatic rings. The molecule has 0 unspecified atom stereocenters. The molecule has 1 nitrogen and oxygen atoms in total. The smallest absolute Gasteiger partial charge is 0.0421 e. The van der Waals surface area contributed by atoms with Crippen molar-refractivity contribution in [3.05, 3.63) is 23.4 Å². The van der Waals surface area contributed by atoms with Crippen molar-refractivity contribution in [1.29, 1.82) is 0 Å². The predicted octanol–water partition coefficient (Wildman–Crippen LogP) is 3.97. The lowest BCUT2D eigenvalue weighted by Gasteiger charge is -2.03. The van der Waals surface area contributed by atoms with E-state index in [-0.39, 0.29) is 0 Å². The number of hydrogen-bond acceptors (Lipinski definition) is 1. The molecule has 0 amide bonds. The Morgan fingerprint density at radius 2 is 2.00 bits per heavy atom. The molecule has 0 aliphatic heterocycles. The van der Waals surface area contributed by atoms with Crippen LogP contribution in [-0.2, 0) is 0 Å². The Morgan fingerprint density at radius 1 is 1.38 bits per heavy atom. The lowest BCUT2D eigenvalue weighted by atomic mass is 10.1. The number of allylic oxidation sites excluding steroid dienone is 4. The Hall–Kier alpha value is -0.850. The van der Waals surface area contributed by atoms with E-state index < -0.39 is 0 Å². The molecule has 0 spiro atoms. The molecule has 0 aliphatic carbocycles. The van der Waals surface area contributed by atoms with Crippen molar-refractivity contribution in [3.8, 4) is 0 Å². The van der Waals surface area contributed by atoms with Gasteiger partial charge in [0.1, 0.15) is 0 Å². The zero-order valence-electron chi connectivity index (χ0n) is 9.30. The third kappa shape index (κ3) is 5.40. The van der Waals surface area contributed by atoms with Gasteiger partial charge in [0.05, 0.1) is 0 Å². The molecule has 0 rings (SSSR count). The standard InChI is InChI=1S/C12H21N/c1-6-7-11(4)8-9-12(13-5)10(2)3/h8-10H,5-7H2,1-4H3/b11-8+,12-9+. The minimum absolute atomic E-state index is 0.461. The van der Waals surface area contributed by atoms with Gasteiger partial charge < -0.3 is 0 Å². The van der Waals surface area contributed by atoms with E-state index in [0.29, 0.717) is 5.92 Å². The Balaban J connectivity index is 4.35. The van der Waals surface area contributed by atoms with E-state index in [0.717, 1.165) is 5.70 Å². The highest BCUT2D eigenvalue weighted by Gasteiger charge is 1.97. The van der Waals surface area contributed by atoms with E-state index in [2.05, 4.69) is 51.6 Å². The van der Waals surface area contributed by atoms with Crippen molar-refractivity contribution in [3.63, 3.8) is 0 Å². The molecule has 0 bridgehead atoms. The summed E-state index contributed by atoms with van der Waals surface area (Å²) in [5, 5.41) is 0. The van der Waals surface area contributed by atoms with Gasteiger partial charge in [0, 0.05) is 5.70 Å². The minimum Gasteiger partial charge on any atom is -0.269 e. The molecule has 0 heterocycles. The molecule has 0 saturated carbocycles. The van der Waals surface area contributed by atoms with Crippen LogP contribution < -0.4 is 0 Å². The van der Waals surface area contributed by atoms with E-state index in [1.807, 2.05) is 0 Å². The topological polar surface area (TPSA) is 12.4 Å². The second-order valence-corrected chi connectivity index (χ2v) is 3.67. The van der Waals surface area contributed by atoms with Crippen molar-refractivity contribution in [2.45, 2.75) is 40.5 Å². The first-order chi connectivity index (χ1) is 6.11. The first-order valence-corrected chi connectivity index (χ1v) is 4.95. The lowest BCUT2D eigenvalue weighted by molar-refractivity contribution is 0.759. The maximum Gasteiger partial charge on any atom is 0.0421 e. The number of aliphatic imine (C=N–C) groups is 1. The SMILES string of the molecule is C=N/C(=C/C=C(\C)CCC)C(C)C. The summed E-state index contributed by atoms with van der Waals surface area (Å²) in [6.45, 7) is 12.2. The third-order valence-electron chi connectivity index (χ3n) is 1.96. The van der Waals surface area contributed by atoms with Crippen LogP contribution in [0.1, 0.15) is 40.5 Å². The quantitative estimate of drug-likeness (QED) is 0.447. The molecule has 13 heavy (non-hydrogen) atoms. The third-order valence-corrected chi connectivity index (χ3v) is 1.96. The van der Waals surface area contributed by atoms with E-state index >= 15 is 0 Å². The van der Waals surface area contributed by atoms with Gasteiger partial charge in [-0.3, -0.25) is 4.99 Å². The lowest BCUT2D eigenvalue weighted by Crippen LogP contribution is -1.89. The molecule has 0 aromatic heterocycles. The summed E-state index contributed by atoms with van der Waals surface area (Å²) in [6.07, 6.45) is 6.59. The zero-order chi connectivity index (χ0) is 10.3. The summed E-state index contributed by atoms with van der Waals surface area (Å²) in [7, 11) is 0. The Morgan fingerprint density at radius 3 is 2.38 bits per heavy atom. The molecule has 0 radical (unpaired) electrons. The van der Waals surface area contributed by atoms with Crippen LogP contribution in [0.15, 0.2) is 28.4 Å². The van der Waals surface area contributed by atoms with Gasteiger partial charge in [-0.25, -0.2) is 0 Å². The summed E-state index contributed by atoms with van der Waals surface area (Å²) in [4.78, 5) is 3.99. The summed E-state index contributed by atoms with van der Waals surface area (Å²) < 4.78 is 0. The van der Waals surface area contributed by atoms with Crippen LogP contribution in [0.4, 0.5) is 0 Å². The van der Waals surface area contributed by atoms with Crippen LogP contribution in [0, 0.1) is 5.92 Å². The monoisotopic (exact) mass is 179 g/mol. The number of hydrogen-bond donors (Lipinski definition) is 0. The van der Waals surface area contributed by atoms with Crippen LogP contribution in [0.25, 0.3) is 0 Å². The van der Waals surface area contributed by atoms with Crippen LogP contribution in [0.3, 0.4) is 0 Å². The van der Waals surface area contributed by atoms with Gasteiger partial charge in [0.15, 0.2) is 0 Å². The number of nitrogens with zero attached hydrogens (tertiary/aromatic N) is 1. The fourth-order valence-corrected chi connectivity index (χ4v) is 1.13. The van der Waals surface area contributed by atoms with Gasteiger partial charge in [-0.05, 0) is 32.1 Å². The highest BCUT2D eigenvalue weighted by atomic mass is 14.7. The van der Waals surface area contributed by atoms with Gasteiger partial charge in [0.2, 0.25) is 0 Å². The minimum atomic E-state index is 0.461. The molecule has 1 heteroatoms. The summed E-state index contributed by atoms with van der Waals surface area (Å²) in [5.41, 5.74) is 2.47. The van der Waals surface area contributed by atoms with Crippen molar-refractivity contribution in [2.24, 2.45) is 10.9 Å². The summed E-state index contributed by atoms with van der Waals surface area (Å²) in [6, 6.07) is 0. The Bertz CT molecular complexity index is 209. The van der Waals surface area contributed by atoms with Crippen molar-refractivity contribution >= 4 is 6.72 Å². The molecule has 0 saturated heterocycles. The highest BCUT2D eigenvalue weighted by Crippen LogP contribution is 2.11. The van der Waals surface area contributed by atoms with Crippen molar-refractivity contribution in [2.75, 3.05) is 0 Å². The van der Waals surface area contributed by atoms with Crippen LogP contribution in [0.5, 0.6) is 0 Å². The fourth-order valence-electron chi connectivity index (χ4n) is 1.13. The Kier molecular flexibility index (Phi) is 6.21. The first kappa shape index (κ1) is 12.2. The van der Waals surface area contributed by atoms with Gasteiger partial charge >= 0.3 is 0 Å². The van der Waals surface area contributed by atoms with Gasteiger partial charge in [-0.15, -0.1) is 0 Å². The molecule has 0 atom stereocenters. The predicted molar refractivity (Wildman–Crippen MR) is 61.1 cm³/mol. The van der Waals surface area contributed by atoms with Crippen LogP contribution in [-0.4, -0.2) is 6.72 Å². The molecule has 0 fully saturated rings. The molecule has 0 aromatic carbocycles. The second-order valence-electron chi connectivity index (χ2n) is 3.67. The molecule has 0 aromatic rings. The van der Waals surface area contributed by atoms with E-state index in [1.165, 1.54) is 18.4 Å². The highest BCUT2D eigenvalue weighted by molar-refractivity contribution is 5.31. The van der Waals surface area contributed by atoms with Gasteiger partial charge in [-0.2, -0.15) is 0 Å². The van der Waals surface area contributed by atoms with Crippen molar-refractivity contribution in [1.82, 2.24) is 0 Å². The normalized spacial score (nSPS) is 13.6. The van der Waals surface area contributed by atoms with Gasteiger partial charge in [-0.1, -0.05) is 38.8 Å². The molecular weight excluding hydrogens is 158 g/mol. The van der Waals surface area contributed by atoms with Crippen molar-refractivity contribution < 1.29 is 0 Å². The summed E-state index contributed by atoms with van der Waals surface area (Å²) >= 11 is 0. The largest absolute Gasteiger partial charge is 0.269 e. The molecule has 0 N–H and O–H groups in total. The van der Waals surface area contributed by atoms with E-state index in [4.69, 9.17) is 0 Å². The first-order valence-electron chi connectivity index (χ1n) is 4.95. The fraction of sp³-hybridized carbons (Fsp3) is 0.583. The number of rotatable bonds is 5.